The maximum absolute atomic E-state index is 13.4. The first kappa shape index (κ1) is 10.8. The predicted octanol–water partition coefficient (Wildman–Crippen LogP) is 2.15. The highest BCUT2D eigenvalue weighted by Gasteiger charge is 2.14. The summed E-state index contributed by atoms with van der Waals surface area (Å²) in [5.41, 5.74) is 0. The first-order valence-corrected chi connectivity index (χ1v) is 5.83. The number of hydrogen-bond acceptors (Lipinski definition) is 3. The number of nitrogens with one attached hydrogen (secondary N) is 2. The van der Waals surface area contributed by atoms with E-state index in [1.54, 1.807) is 6.20 Å². The van der Waals surface area contributed by atoms with Gasteiger partial charge in [-0.1, -0.05) is 0 Å². The topological polar surface area (TPSA) is 37.0 Å². The van der Waals surface area contributed by atoms with Crippen molar-refractivity contribution in [2.45, 2.75) is 18.9 Å². The molecule has 0 aromatic carbocycles. The van der Waals surface area contributed by atoms with Crippen molar-refractivity contribution in [2.24, 2.45) is 0 Å². The zero-order chi connectivity index (χ0) is 10.7. The van der Waals surface area contributed by atoms with Gasteiger partial charge in [0.2, 0.25) is 0 Å². The van der Waals surface area contributed by atoms with Crippen molar-refractivity contribution in [2.75, 3.05) is 18.4 Å². The van der Waals surface area contributed by atoms with E-state index in [4.69, 9.17) is 0 Å². The summed E-state index contributed by atoms with van der Waals surface area (Å²) in [7, 11) is 0. The lowest BCUT2D eigenvalue weighted by molar-refractivity contribution is 0.475. The Morgan fingerprint density at radius 3 is 2.87 bits per heavy atom. The summed E-state index contributed by atoms with van der Waals surface area (Å²) < 4.78 is 14.1. The first-order chi connectivity index (χ1) is 7.25. The fourth-order valence-corrected chi connectivity index (χ4v) is 1.98. The first-order valence-electron chi connectivity index (χ1n) is 5.04. The lowest BCUT2D eigenvalue weighted by atomic mass is 10.1. The van der Waals surface area contributed by atoms with Crippen molar-refractivity contribution in [3.63, 3.8) is 0 Å². The van der Waals surface area contributed by atoms with Gasteiger partial charge in [0.05, 0.1) is 0 Å². The number of hydrogen-bond donors (Lipinski definition) is 2. The zero-order valence-corrected chi connectivity index (χ0v) is 9.85. The Bertz CT molecular complexity index is 339. The van der Waals surface area contributed by atoms with Crippen LogP contribution in [0, 0.1) is 5.82 Å². The molecule has 1 saturated heterocycles. The van der Waals surface area contributed by atoms with Crippen LogP contribution in [0.3, 0.4) is 0 Å². The van der Waals surface area contributed by atoms with Crippen molar-refractivity contribution in [1.29, 1.82) is 0 Å². The molecule has 2 N–H and O–H groups in total. The molecule has 15 heavy (non-hydrogen) atoms. The molecule has 0 amide bonds. The van der Waals surface area contributed by atoms with Crippen LogP contribution < -0.4 is 10.6 Å². The molecule has 1 aromatic heterocycles. The highest BCUT2D eigenvalue weighted by atomic mass is 79.9. The van der Waals surface area contributed by atoms with E-state index < -0.39 is 0 Å². The number of pyridine rings is 1. The van der Waals surface area contributed by atoms with E-state index in [2.05, 4.69) is 31.5 Å². The molecule has 3 nitrogen and oxygen atoms in total. The second kappa shape index (κ2) is 4.90. The Balaban J connectivity index is 2.03. The van der Waals surface area contributed by atoms with Crippen LogP contribution in [0.15, 0.2) is 16.7 Å². The Kier molecular flexibility index (Phi) is 3.53. The van der Waals surface area contributed by atoms with E-state index in [0.29, 0.717) is 16.3 Å². The standard InChI is InChI=1S/C10H13BrFN3/c11-7-5-9(12)10(14-6-7)15-8-1-3-13-4-2-8/h5-6,8,13H,1-4H2,(H,14,15). The summed E-state index contributed by atoms with van der Waals surface area (Å²) >= 11 is 3.18. The van der Waals surface area contributed by atoms with Gasteiger partial charge in [0.15, 0.2) is 11.6 Å². The van der Waals surface area contributed by atoms with Gasteiger partial charge in [-0.05, 0) is 47.9 Å². The van der Waals surface area contributed by atoms with Gasteiger partial charge in [-0.15, -0.1) is 0 Å². The van der Waals surface area contributed by atoms with E-state index in [1.165, 1.54) is 6.07 Å². The predicted molar refractivity (Wildman–Crippen MR) is 61.4 cm³/mol. The average Bonchev–Trinajstić information content (AvgIpc) is 2.24. The molecule has 2 rings (SSSR count). The number of aromatic nitrogens is 1. The number of rotatable bonds is 2. The SMILES string of the molecule is Fc1cc(Br)cnc1NC1CCNCC1. The highest BCUT2D eigenvalue weighted by Crippen LogP contribution is 2.18. The molecule has 1 fully saturated rings. The number of halogens is 2. The fourth-order valence-electron chi connectivity index (χ4n) is 1.68. The summed E-state index contributed by atoms with van der Waals surface area (Å²) in [5, 5.41) is 6.39. The molecule has 0 aliphatic carbocycles. The Hall–Kier alpha value is -0.680. The average molecular weight is 274 g/mol. The van der Waals surface area contributed by atoms with Gasteiger partial charge in [-0.2, -0.15) is 0 Å². The van der Waals surface area contributed by atoms with Crippen molar-refractivity contribution in [1.82, 2.24) is 10.3 Å². The normalized spacial score (nSPS) is 17.7. The van der Waals surface area contributed by atoms with Crippen LogP contribution in [0.25, 0.3) is 0 Å². The third-order valence-electron chi connectivity index (χ3n) is 2.49. The smallest absolute Gasteiger partial charge is 0.166 e. The lowest BCUT2D eigenvalue weighted by Crippen LogP contribution is -2.35. The molecule has 82 valence electrons. The van der Waals surface area contributed by atoms with E-state index in [0.717, 1.165) is 25.9 Å². The monoisotopic (exact) mass is 273 g/mol. The molecular formula is C10H13BrFN3. The molecule has 1 aliphatic rings. The maximum atomic E-state index is 13.4. The van der Waals surface area contributed by atoms with Gasteiger partial charge in [-0.25, -0.2) is 9.37 Å². The van der Waals surface area contributed by atoms with E-state index in [9.17, 15) is 4.39 Å². The van der Waals surface area contributed by atoms with Crippen LogP contribution in [0.5, 0.6) is 0 Å². The van der Waals surface area contributed by atoms with Crippen molar-refractivity contribution in [3.8, 4) is 0 Å². The van der Waals surface area contributed by atoms with Gasteiger partial charge in [0, 0.05) is 16.7 Å². The van der Waals surface area contributed by atoms with Gasteiger partial charge in [-0.3, -0.25) is 0 Å². The Labute approximate surface area is 96.6 Å². The summed E-state index contributed by atoms with van der Waals surface area (Å²) in [6.45, 7) is 1.96. The largest absolute Gasteiger partial charge is 0.365 e. The molecule has 0 unspecified atom stereocenters. The third kappa shape index (κ3) is 2.89. The van der Waals surface area contributed by atoms with Crippen LogP contribution in [0.4, 0.5) is 10.2 Å². The molecular weight excluding hydrogens is 261 g/mol. The molecule has 5 heteroatoms. The molecule has 0 saturated carbocycles. The number of nitrogens with zero attached hydrogens (tertiary/aromatic N) is 1. The van der Waals surface area contributed by atoms with E-state index >= 15 is 0 Å². The molecule has 0 radical (unpaired) electrons. The van der Waals surface area contributed by atoms with Gasteiger partial charge < -0.3 is 10.6 Å². The summed E-state index contributed by atoms with van der Waals surface area (Å²) in [6, 6.07) is 1.76. The summed E-state index contributed by atoms with van der Waals surface area (Å²) in [5.74, 6) is 0.0491. The highest BCUT2D eigenvalue weighted by molar-refractivity contribution is 9.10. The minimum absolute atomic E-state index is 0.303. The molecule has 2 heterocycles. The van der Waals surface area contributed by atoms with Crippen LogP contribution in [-0.4, -0.2) is 24.1 Å². The van der Waals surface area contributed by atoms with Crippen LogP contribution in [0.1, 0.15) is 12.8 Å². The van der Waals surface area contributed by atoms with Gasteiger partial charge in [0.1, 0.15) is 0 Å². The Morgan fingerprint density at radius 1 is 1.47 bits per heavy atom. The van der Waals surface area contributed by atoms with E-state index in [1.807, 2.05) is 0 Å². The fraction of sp³-hybridized carbons (Fsp3) is 0.500. The lowest BCUT2D eigenvalue weighted by Gasteiger charge is -2.24. The Morgan fingerprint density at radius 2 is 2.20 bits per heavy atom. The quantitative estimate of drug-likeness (QED) is 0.867. The minimum Gasteiger partial charge on any atom is -0.365 e. The van der Waals surface area contributed by atoms with Crippen molar-refractivity contribution in [3.05, 3.63) is 22.6 Å². The number of anilines is 1. The second-order valence-electron chi connectivity index (χ2n) is 3.65. The summed E-state index contributed by atoms with van der Waals surface area (Å²) in [4.78, 5) is 4.02. The van der Waals surface area contributed by atoms with Gasteiger partial charge >= 0.3 is 0 Å². The van der Waals surface area contributed by atoms with E-state index in [-0.39, 0.29) is 5.82 Å². The molecule has 1 aliphatic heterocycles. The molecule has 0 spiro atoms. The van der Waals surface area contributed by atoms with Gasteiger partial charge in [0.25, 0.3) is 0 Å². The van der Waals surface area contributed by atoms with Crippen LogP contribution >= 0.6 is 15.9 Å². The van der Waals surface area contributed by atoms with Crippen molar-refractivity contribution < 1.29 is 4.39 Å². The maximum Gasteiger partial charge on any atom is 0.166 e. The second-order valence-corrected chi connectivity index (χ2v) is 4.57. The van der Waals surface area contributed by atoms with Crippen molar-refractivity contribution >= 4 is 21.7 Å². The van der Waals surface area contributed by atoms with Crippen LogP contribution in [0.2, 0.25) is 0 Å². The number of piperidine rings is 1. The molecule has 1 aromatic rings. The minimum atomic E-state index is -0.303. The third-order valence-corrected chi connectivity index (χ3v) is 2.92. The molecule has 0 bridgehead atoms. The molecule has 0 atom stereocenters. The summed E-state index contributed by atoms with van der Waals surface area (Å²) in [6.07, 6.45) is 3.63. The zero-order valence-electron chi connectivity index (χ0n) is 8.26. The van der Waals surface area contributed by atoms with Crippen LogP contribution in [-0.2, 0) is 0 Å².